The van der Waals surface area contributed by atoms with Gasteiger partial charge in [0.05, 0.1) is 24.6 Å². The SMILES string of the molecule is CC(C)(C)OC(=O)N1CC(C#N)C(O[Si](C)(C)C)C1. The van der Waals surface area contributed by atoms with E-state index in [1.54, 1.807) is 4.90 Å². The molecule has 19 heavy (non-hydrogen) atoms. The summed E-state index contributed by atoms with van der Waals surface area (Å²) < 4.78 is 11.3. The minimum absolute atomic E-state index is 0.191. The topological polar surface area (TPSA) is 62.6 Å². The molecule has 0 aromatic heterocycles. The molecule has 1 amide bonds. The summed E-state index contributed by atoms with van der Waals surface area (Å²) in [5.74, 6) is -0.265. The van der Waals surface area contributed by atoms with Crippen molar-refractivity contribution < 1.29 is 14.0 Å². The Bertz CT molecular complexity index is 379. The number of nitriles is 1. The third-order valence-electron chi connectivity index (χ3n) is 2.59. The Kier molecular flexibility index (Phi) is 4.64. The minimum atomic E-state index is -1.72. The van der Waals surface area contributed by atoms with Gasteiger partial charge in [-0.15, -0.1) is 0 Å². The van der Waals surface area contributed by atoms with Gasteiger partial charge in [-0.05, 0) is 40.4 Å². The molecule has 0 aromatic carbocycles. The smallest absolute Gasteiger partial charge is 0.410 e. The summed E-state index contributed by atoms with van der Waals surface area (Å²) in [6.07, 6.45) is -0.557. The molecule has 1 rings (SSSR count). The summed E-state index contributed by atoms with van der Waals surface area (Å²) in [6.45, 7) is 12.6. The normalized spacial score (nSPS) is 24.2. The predicted molar refractivity (Wildman–Crippen MR) is 75.1 cm³/mol. The average molecular weight is 284 g/mol. The standard InChI is InChI=1S/C13H24N2O3Si/c1-13(2,3)17-12(16)15-8-10(7-14)11(9-15)18-19(4,5)6/h10-11H,8-9H2,1-6H3. The van der Waals surface area contributed by atoms with Crippen LogP contribution < -0.4 is 0 Å². The first kappa shape index (κ1) is 16.0. The van der Waals surface area contributed by atoms with E-state index in [9.17, 15) is 10.1 Å². The molecule has 0 radical (unpaired) electrons. The molecule has 1 saturated heterocycles. The number of hydrogen-bond acceptors (Lipinski definition) is 4. The molecule has 0 bridgehead atoms. The van der Waals surface area contributed by atoms with Crippen molar-refractivity contribution in [2.45, 2.75) is 52.1 Å². The van der Waals surface area contributed by atoms with Gasteiger partial charge in [-0.2, -0.15) is 5.26 Å². The fourth-order valence-electron chi connectivity index (χ4n) is 1.95. The van der Waals surface area contributed by atoms with Crippen LogP contribution in [-0.2, 0) is 9.16 Å². The third-order valence-corrected chi connectivity index (χ3v) is 3.60. The zero-order valence-electron chi connectivity index (χ0n) is 12.7. The molecule has 0 N–H and O–H groups in total. The maximum atomic E-state index is 12.0. The summed E-state index contributed by atoms with van der Waals surface area (Å²) in [5.41, 5.74) is -0.517. The molecule has 2 atom stereocenters. The van der Waals surface area contributed by atoms with Crippen LogP contribution in [0.15, 0.2) is 0 Å². The van der Waals surface area contributed by atoms with Crippen molar-refractivity contribution >= 4 is 14.4 Å². The highest BCUT2D eigenvalue weighted by Crippen LogP contribution is 2.24. The number of amides is 1. The van der Waals surface area contributed by atoms with Gasteiger partial charge in [0.15, 0.2) is 8.32 Å². The van der Waals surface area contributed by atoms with Gasteiger partial charge in [-0.1, -0.05) is 0 Å². The molecule has 2 unspecified atom stereocenters. The van der Waals surface area contributed by atoms with Crippen molar-refractivity contribution in [3.05, 3.63) is 0 Å². The molecule has 1 aliphatic heterocycles. The van der Waals surface area contributed by atoms with E-state index in [2.05, 4.69) is 25.7 Å². The highest BCUT2D eigenvalue weighted by atomic mass is 28.4. The second-order valence-electron chi connectivity index (χ2n) is 6.89. The Morgan fingerprint density at radius 1 is 1.32 bits per heavy atom. The minimum Gasteiger partial charge on any atom is -0.444 e. The van der Waals surface area contributed by atoms with Gasteiger partial charge >= 0.3 is 6.09 Å². The van der Waals surface area contributed by atoms with Crippen molar-refractivity contribution in [3.63, 3.8) is 0 Å². The van der Waals surface area contributed by atoms with Crippen LogP contribution in [-0.4, -0.2) is 44.1 Å². The molecular weight excluding hydrogens is 260 g/mol. The van der Waals surface area contributed by atoms with E-state index < -0.39 is 13.9 Å². The van der Waals surface area contributed by atoms with Gasteiger partial charge in [0.1, 0.15) is 5.60 Å². The number of carbonyl (C=O) groups excluding carboxylic acids is 1. The van der Waals surface area contributed by atoms with Gasteiger partial charge in [0.2, 0.25) is 0 Å². The van der Waals surface area contributed by atoms with Crippen LogP contribution in [0.25, 0.3) is 0 Å². The molecular formula is C13H24N2O3Si. The van der Waals surface area contributed by atoms with E-state index >= 15 is 0 Å². The molecule has 6 heteroatoms. The van der Waals surface area contributed by atoms with Crippen LogP contribution in [0.4, 0.5) is 4.79 Å². The number of likely N-dealkylation sites (tertiary alicyclic amines) is 1. The summed E-state index contributed by atoms with van der Waals surface area (Å²) in [6, 6.07) is 2.23. The third kappa shape index (κ3) is 5.21. The van der Waals surface area contributed by atoms with Crippen LogP contribution in [0.2, 0.25) is 19.6 Å². The predicted octanol–water partition coefficient (Wildman–Crippen LogP) is 2.60. The second kappa shape index (κ2) is 5.51. The van der Waals surface area contributed by atoms with Gasteiger partial charge in [0.25, 0.3) is 0 Å². The van der Waals surface area contributed by atoms with E-state index in [1.165, 1.54) is 0 Å². The Morgan fingerprint density at radius 3 is 2.32 bits per heavy atom. The van der Waals surface area contributed by atoms with Crippen molar-refractivity contribution in [1.29, 1.82) is 5.26 Å². The highest BCUT2D eigenvalue weighted by molar-refractivity contribution is 6.69. The number of rotatable bonds is 2. The Balaban J connectivity index is 2.67. The summed E-state index contributed by atoms with van der Waals surface area (Å²) in [4.78, 5) is 13.6. The molecule has 1 aliphatic rings. The highest BCUT2D eigenvalue weighted by Gasteiger charge is 2.39. The fourth-order valence-corrected chi connectivity index (χ4v) is 3.09. The lowest BCUT2D eigenvalue weighted by molar-refractivity contribution is 0.0273. The number of ether oxygens (including phenoxy) is 1. The first-order chi connectivity index (χ1) is 8.52. The van der Waals surface area contributed by atoms with E-state index in [-0.39, 0.29) is 18.1 Å². The Labute approximate surface area is 116 Å². The lowest BCUT2D eigenvalue weighted by atomic mass is 10.1. The largest absolute Gasteiger partial charge is 0.444 e. The molecule has 108 valence electrons. The van der Waals surface area contributed by atoms with Crippen molar-refractivity contribution in [1.82, 2.24) is 4.90 Å². The average Bonchev–Trinajstić information content (AvgIpc) is 2.55. The summed E-state index contributed by atoms with van der Waals surface area (Å²) >= 11 is 0. The lowest BCUT2D eigenvalue weighted by Crippen LogP contribution is -2.38. The van der Waals surface area contributed by atoms with Crippen LogP contribution in [0.3, 0.4) is 0 Å². The van der Waals surface area contributed by atoms with E-state index in [0.717, 1.165) is 0 Å². The van der Waals surface area contributed by atoms with Gasteiger partial charge in [0, 0.05) is 6.54 Å². The van der Waals surface area contributed by atoms with Gasteiger partial charge in [-0.25, -0.2) is 4.79 Å². The molecule has 1 fully saturated rings. The summed E-state index contributed by atoms with van der Waals surface area (Å²) in [5, 5.41) is 9.17. The van der Waals surface area contributed by atoms with Crippen molar-refractivity contribution in [2.24, 2.45) is 5.92 Å². The first-order valence-electron chi connectivity index (χ1n) is 6.57. The van der Waals surface area contributed by atoms with Crippen LogP contribution in [0, 0.1) is 17.2 Å². The molecule has 0 aliphatic carbocycles. The number of carbonyl (C=O) groups is 1. The molecule has 0 aromatic rings. The van der Waals surface area contributed by atoms with Crippen LogP contribution in [0.5, 0.6) is 0 Å². The van der Waals surface area contributed by atoms with Crippen LogP contribution in [0.1, 0.15) is 20.8 Å². The van der Waals surface area contributed by atoms with Crippen molar-refractivity contribution in [3.8, 4) is 6.07 Å². The lowest BCUT2D eigenvalue weighted by Gasteiger charge is -2.26. The Morgan fingerprint density at radius 2 is 1.89 bits per heavy atom. The van der Waals surface area contributed by atoms with Gasteiger partial charge < -0.3 is 14.1 Å². The monoisotopic (exact) mass is 284 g/mol. The van der Waals surface area contributed by atoms with Gasteiger partial charge in [-0.3, -0.25) is 0 Å². The number of nitrogens with zero attached hydrogens (tertiary/aromatic N) is 2. The Hall–Kier alpha value is -1.06. The van der Waals surface area contributed by atoms with E-state index in [4.69, 9.17) is 9.16 Å². The van der Waals surface area contributed by atoms with E-state index in [1.807, 2.05) is 20.8 Å². The maximum Gasteiger partial charge on any atom is 0.410 e. The maximum absolute atomic E-state index is 12.0. The second-order valence-corrected chi connectivity index (χ2v) is 11.4. The molecule has 0 saturated carbocycles. The summed E-state index contributed by atoms with van der Waals surface area (Å²) in [7, 11) is -1.72. The van der Waals surface area contributed by atoms with Crippen molar-refractivity contribution in [2.75, 3.05) is 13.1 Å². The quantitative estimate of drug-likeness (QED) is 0.731. The van der Waals surface area contributed by atoms with E-state index in [0.29, 0.717) is 13.1 Å². The zero-order valence-corrected chi connectivity index (χ0v) is 13.7. The number of hydrogen-bond donors (Lipinski definition) is 0. The molecule has 1 heterocycles. The van der Waals surface area contributed by atoms with Crippen LogP contribution >= 0.6 is 0 Å². The fraction of sp³-hybridized carbons (Fsp3) is 0.846. The molecule has 5 nitrogen and oxygen atoms in total. The zero-order chi connectivity index (χ0) is 14.8. The molecule has 0 spiro atoms. The first-order valence-corrected chi connectivity index (χ1v) is 9.98.